The van der Waals surface area contributed by atoms with E-state index in [4.69, 9.17) is 14.7 Å². The molecule has 0 saturated heterocycles. The summed E-state index contributed by atoms with van der Waals surface area (Å²) in [5.74, 6) is -0.820. The number of benzene rings is 2. The van der Waals surface area contributed by atoms with Crippen molar-refractivity contribution in [3.63, 3.8) is 0 Å². The molecule has 0 aromatic heterocycles. The molecule has 2 rings (SSSR count). The molecule has 0 N–H and O–H groups in total. The zero-order chi connectivity index (χ0) is 17.2. The van der Waals surface area contributed by atoms with E-state index >= 15 is 0 Å². The number of ether oxygens (including phenoxy) is 2. The molecule has 24 heavy (non-hydrogen) atoms. The maximum atomic E-state index is 11.8. The first kappa shape index (κ1) is 17.0. The average Bonchev–Trinajstić information content (AvgIpc) is 2.63. The molecule has 0 spiro atoms. The molecule has 0 radical (unpaired) electrons. The molecule has 0 fully saturated rings. The number of rotatable bonds is 6. The van der Waals surface area contributed by atoms with Crippen LogP contribution in [0.1, 0.15) is 18.1 Å². The van der Waals surface area contributed by atoms with Gasteiger partial charge in [-0.25, -0.2) is 4.79 Å². The minimum atomic E-state index is -0.671. The van der Waals surface area contributed by atoms with Gasteiger partial charge in [-0.1, -0.05) is 60.7 Å². The lowest BCUT2D eigenvalue weighted by molar-refractivity contribution is -0.141. The van der Waals surface area contributed by atoms with Gasteiger partial charge in [0.15, 0.2) is 0 Å². The van der Waals surface area contributed by atoms with Gasteiger partial charge in [0.2, 0.25) is 5.76 Å². The topological polar surface area (TPSA) is 59.3 Å². The molecule has 4 heteroatoms. The molecule has 0 aliphatic carbocycles. The summed E-state index contributed by atoms with van der Waals surface area (Å²) in [6.45, 7) is 1.90. The number of carbonyl (C=O) groups is 1. The van der Waals surface area contributed by atoms with Gasteiger partial charge in [0, 0.05) is 0 Å². The van der Waals surface area contributed by atoms with E-state index in [1.54, 1.807) is 13.0 Å². The Bertz CT molecular complexity index is 730. The largest absolute Gasteiger partial charge is 0.460 e. The van der Waals surface area contributed by atoms with Crippen LogP contribution in [-0.2, 0) is 14.3 Å². The van der Waals surface area contributed by atoms with Crippen LogP contribution in [0.2, 0.25) is 0 Å². The third kappa shape index (κ3) is 4.59. The maximum absolute atomic E-state index is 11.8. The second-order valence-electron chi connectivity index (χ2n) is 4.76. The quantitative estimate of drug-likeness (QED) is 0.265. The third-order valence-corrected chi connectivity index (χ3v) is 3.20. The van der Waals surface area contributed by atoms with Gasteiger partial charge in [0.1, 0.15) is 0 Å². The first-order valence-electron chi connectivity index (χ1n) is 7.52. The molecule has 2 aromatic carbocycles. The Morgan fingerprint density at radius 3 is 2.00 bits per heavy atom. The summed E-state index contributed by atoms with van der Waals surface area (Å²) in [4.78, 5) is 11.8. The fourth-order valence-corrected chi connectivity index (χ4v) is 2.15. The van der Waals surface area contributed by atoms with E-state index in [2.05, 4.69) is 0 Å². The average molecular weight is 319 g/mol. The Balaban J connectivity index is 2.46. The van der Waals surface area contributed by atoms with Gasteiger partial charge in [-0.3, -0.25) is 0 Å². The minimum Gasteiger partial charge on any atom is -0.460 e. The van der Waals surface area contributed by atoms with Crippen molar-refractivity contribution in [2.45, 2.75) is 6.92 Å². The van der Waals surface area contributed by atoms with E-state index in [0.29, 0.717) is 0 Å². The second kappa shape index (κ2) is 8.96. The zero-order valence-corrected chi connectivity index (χ0v) is 13.3. The minimum absolute atomic E-state index is 0.149. The van der Waals surface area contributed by atoms with Crippen molar-refractivity contribution >= 4 is 11.5 Å². The fourth-order valence-electron chi connectivity index (χ4n) is 2.15. The van der Waals surface area contributed by atoms with Crippen LogP contribution >= 0.6 is 0 Å². The van der Waals surface area contributed by atoms with Crippen molar-refractivity contribution < 1.29 is 14.3 Å². The van der Waals surface area contributed by atoms with Crippen LogP contribution in [-0.4, -0.2) is 12.6 Å². The van der Waals surface area contributed by atoms with Gasteiger partial charge >= 0.3 is 5.97 Å². The van der Waals surface area contributed by atoms with E-state index < -0.39 is 5.97 Å². The predicted octanol–water partition coefficient (Wildman–Crippen LogP) is 4.06. The highest BCUT2D eigenvalue weighted by atomic mass is 16.6. The second-order valence-corrected chi connectivity index (χ2v) is 4.76. The van der Waals surface area contributed by atoms with Crippen LogP contribution < -0.4 is 0 Å². The van der Waals surface area contributed by atoms with Crippen molar-refractivity contribution in [3.05, 3.63) is 89.7 Å². The standard InChI is InChI=1S/C20H17NO3/c1-2-23-20(22)19(24-15-21)14-13-18(16-9-5-3-6-10-16)17-11-7-4-8-12-17/h3-14H,2H2,1H3/b19-14+. The van der Waals surface area contributed by atoms with Crippen molar-refractivity contribution in [1.82, 2.24) is 0 Å². The van der Waals surface area contributed by atoms with Gasteiger partial charge in [0.25, 0.3) is 6.26 Å². The van der Waals surface area contributed by atoms with Gasteiger partial charge in [-0.15, -0.1) is 5.26 Å². The number of hydrogen-bond acceptors (Lipinski definition) is 4. The predicted molar refractivity (Wildman–Crippen MR) is 91.4 cm³/mol. The molecule has 0 aliphatic rings. The molecular weight excluding hydrogens is 302 g/mol. The van der Waals surface area contributed by atoms with E-state index in [-0.39, 0.29) is 12.4 Å². The zero-order valence-electron chi connectivity index (χ0n) is 13.3. The fraction of sp³-hybridized carbons (Fsp3) is 0.100. The van der Waals surface area contributed by atoms with Gasteiger partial charge in [0.05, 0.1) is 6.61 Å². The number of nitriles is 1. The lowest BCUT2D eigenvalue weighted by Crippen LogP contribution is -2.08. The Kier molecular flexibility index (Phi) is 6.36. The molecule has 0 heterocycles. The maximum Gasteiger partial charge on any atom is 0.375 e. The van der Waals surface area contributed by atoms with E-state index in [0.717, 1.165) is 16.7 Å². The number of allylic oxidation sites excluding steroid dienone is 2. The Hall–Kier alpha value is -3.32. The van der Waals surface area contributed by atoms with Crippen LogP contribution in [0.3, 0.4) is 0 Å². The molecule has 0 unspecified atom stereocenters. The van der Waals surface area contributed by atoms with Crippen LogP contribution in [0.5, 0.6) is 0 Å². The summed E-state index contributed by atoms with van der Waals surface area (Å²) in [5, 5.41) is 8.71. The van der Waals surface area contributed by atoms with Crippen LogP contribution in [0.4, 0.5) is 0 Å². The summed E-state index contributed by atoms with van der Waals surface area (Å²) in [7, 11) is 0. The van der Waals surface area contributed by atoms with E-state index in [9.17, 15) is 4.79 Å². The number of esters is 1. The lowest BCUT2D eigenvalue weighted by Gasteiger charge is -2.08. The molecule has 0 bridgehead atoms. The first-order valence-corrected chi connectivity index (χ1v) is 7.52. The molecule has 0 saturated carbocycles. The highest BCUT2D eigenvalue weighted by Crippen LogP contribution is 2.23. The smallest absolute Gasteiger partial charge is 0.375 e. The Labute approximate surface area is 141 Å². The normalized spacial score (nSPS) is 10.4. The highest BCUT2D eigenvalue weighted by molar-refractivity contribution is 5.88. The molecular formula is C20H17NO3. The highest BCUT2D eigenvalue weighted by Gasteiger charge is 2.12. The van der Waals surface area contributed by atoms with Gasteiger partial charge in [-0.2, -0.15) is 0 Å². The summed E-state index contributed by atoms with van der Waals surface area (Å²) < 4.78 is 9.61. The molecule has 0 amide bonds. The van der Waals surface area contributed by atoms with Crippen molar-refractivity contribution in [1.29, 1.82) is 5.26 Å². The van der Waals surface area contributed by atoms with Gasteiger partial charge in [-0.05, 0) is 35.8 Å². The van der Waals surface area contributed by atoms with Crippen molar-refractivity contribution in [2.75, 3.05) is 6.61 Å². The summed E-state index contributed by atoms with van der Waals surface area (Å²) in [6.07, 6.45) is 4.71. The molecule has 0 aliphatic heterocycles. The van der Waals surface area contributed by atoms with Gasteiger partial charge < -0.3 is 9.47 Å². The van der Waals surface area contributed by atoms with E-state index in [1.165, 1.54) is 12.3 Å². The number of carbonyl (C=O) groups excluding carboxylic acids is 1. The van der Waals surface area contributed by atoms with Crippen molar-refractivity contribution in [2.24, 2.45) is 0 Å². The van der Waals surface area contributed by atoms with E-state index in [1.807, 2.05) is 60.7 Å². The first-order chi connectivity index (χ1) is 11.8. The lowest BCUT2D eigenvalue weighted by atomic mass is 9.97. The summed E-state index contributed by atoms with van der Waals surface area (Å²) in [6, 6.07) is 19.5. The third-order valence-electron chi connectivity index (χ3n) is 3.20. The molecule has 120 valence electrons. The van der Waals surface area contributed by atoms with Crippen LogP contribution in [0.15, 0.2) is 78.6 Å². The van der Waals surface area contributed by atoms with Crippen LogP contribution in [0.25, 0.3) is 5.57 Å². The molecule has 2 aromatic rings. The van der Waals surface area contributed by atoms with Crippen LogP contribution in [0, 0.1) is 11.5 Å². The summed E-state index contributed by atoms with van der Waals surface area (Å²) in [5.41, 5.74) is 2.87. The molecule has 0 atom stereocenters. The SMILES string of the molecule is CCOC(=O)/C(=C\C=C(c1ccccc1)c1ccccc1)OC#N. The monoisotopic (exact) mass is 319 g/mol. The molecule has 4 nitrogen and oxygen atoms in total. The number of hydrogen-bond donors (Lipinski definition) is 0. The van der Waals surface area contributed by atoms with Crippen molar-refractivity contribution in [3.8, 4) is 6.26 Å². The number of nitrogens with zero attached hydrogens (tertiary/aromatic N) is 1. The summed E-state index contributed by atoms with van der Waals surface area (Å²) >= 11 is 0. The Morgan fingerprint density at radius 1 is 1.00 bits per heavy atom. The Morgan fingerprint density at radius 2 is 1.54 bits per heavy atom.